The number of amides is 2. The maximum absolute atomic E-state index is 12.6. The molecule has 2 amide bonds. The summed E-state index contributed by atoms with van der Waals surface area (Å²) >= 11 is 0. The molecular weight excluding hydrogens is 364 g/mol. The van der Waals surface area contributed by atoms with Crippen LogP contribution in [0.2, 0.25) is 0 Å². The number of aryl methyl sites for hydroxylation is 1. The fraction of sp³-hybridized carbons (Fsp3) is 0.417. The molecule has 3 rings (SSSR count). The minimum Gasteiger partial charge on any atom is -0.484 e. The van der Waals surface area contributed by atoms with Crippen molar-refractivity contribution in [3.8, 4) is 5.75 Å². The van der Waals surface area contributed by atoms with Gasteiger partial charge in [-0.2, -0.15) is 0 Å². The second kappa shape index (κ2) is 10.1. The van der Waals surface area contributed by atoms with Crippen LogP contribution in [-0.4, -0.2) is 31.5 Å². The Hall–Kier alpha value is -2.82. The van der Waals surface area contributed by atoms with Gasteiger partial charge < -0.3 is 15.0 Å². The predicted octanol–water partition coefficient (Wildman–Crippen LogP) is 4.49. The van der Waals surface area contributed by atoms with Gasteiger partial charge in [0.15, 0.2) is 6.61 Å². The molecule has 0 heterocycles. The molecule has 0 unspecified atom stereocenters. The van der Waals surface area contributed by atoms with Crippen molar-refractivity contribution in [1.82, 2.24) is 5.32 Å². The highest BCUT2D eigenvalue weighted by atomic mass is 16.5. The van der Waals surface area contributed by atoms with Gasteiger partial charge in [-0.25, -0.2) is 0 Å². The van der Waals surface area contributed by atoms with E-state index in [0.29, 0.717) is 11.3 Å². The van der Waals surface area contributed by atoms with Gasteiger partial charge in [-0.15, -0.1) is 0 Å². The van der Waals surface area contributed by atoms with Gasteiger partial charge in [0, 0.05) is 24.3 Å². The van der Waals surface area contributed by atoms with Crippen LogP contribution in [0.15, 0.2) is 48.5 Å². The molecule has 0 atom stereocenters. The van der Waals surface area contributed by atoms with E-state index in [9.17, 15) is 9.59 Å². The van der Waals surface area contributed by atoms with E-state index in [0.717, 1.165) is 24.1 Å². The molecule has 29 heavy (non-hydrogen) atoms. The van der Waals surface area contributed by atoms with E-state index in [1.807, 2.05) is 43.3 Å². The summed E-state index contributed by atoms with van der Waals surface area (Å²) in [5.74, 6) is 0.468. The Labute approximate surface area is 173 Å². The third-order valence-electron chi connectivity index (χ3n) is 5.42. The fourth-order valence-electron chi connectivity index (χ4n) is 3.61. The molecule has 1 aliphatic rings. The second-order valence-electron chi connectivity index (χ2n) is 7.77. The summed E-state index contributed by atoms with van der Waals surface area (Å²) in [5, 5.41) is 3.08. The number of rotatable bonds is 6. The first-order chi connectivity index (χ1) is 14.0. The van der Waals surface area contributed by atoms with Crippen LogP contribution >= 0.6 is 0 Å². The first-order valence-corrected chi connectivity index (χ1v) is 10.4. The van der Waals surface area contributed by atoms with Crippen molar-refractivity contribution < 1.29 is 14.3 Å². The molecule has 154 valence electrons. The van der Waals surface area contributed by atoms with E-state index in [1.54, 1.807) is 24.1 Å². The molecule has 2 aromatic carbocycles. The van der Waals surface area contributed by atoms with Crippen LogP contribution < -0.4 is 15.0 Å². The van der Waals surface area contributed by atoms with Gasteiger partial charge in [0.2, 0.25) is 0 Å². The number of carbonyl (C=O) groups is 2. The molecule has 0 aromatic heterocycles. The van der Waals surface area contributed by atoms with E-state index in [-0.39, 0.29) is 24.5 Å². The molecule has 0 saturated heterocycles. The van der Waals surface area contributed by atoms with Crippen molar-refractivity contribution in [3.63, 3.8) is 0 Å². The highest BCUT2D eigenvalue weighted by molar-refractivity contribution is 6.05. The first kappa shape index (κ1) is 20.9. The summed E-state index contributed by atoms with van der Waals surface area (Å²) in [6.07, 6.45) is 7.00. The molecule has 0 aliphatic heterocycles. The van der Waals surface area contributed by atoms with Crippen molar-refractivity contribution in [2.45, 2.75) is 51.5 Å². The summed E-state index contributed by atoms with van der Waals surface area (Å²) in [7, 11) is 1.75. The summed E-state index contributed by atoms with van der Waals surface area (Å²) in [4.78, 5) is 26.4. The van der Waals surface area contributed by atoms with Crippen LogP contribution in [0.3, 0.4) is 0 Å². The smallest absolute Gasteiger partial charge is 0.258 e. The van der Waals surface area contributed by atoms with Crippen LogP contribution in [0.4, 0.5) is 5.69 Å². The molecule has 5 nitrogen and oxygen atoms in total. The molecule has 0 radical (unpaired) electrons. The van der Waals surface area contributed by atoms with Gasteiger partial charge in [0.25, 0.3) is 11.8 Å². The molecule has 1 fully saturated rings. The highest BCUT2D eigenvalue weighted by Crippen LogP contribution is 2.21. The van der Waals surface area contributed by atoms with Crippen LogP contribution in [0.5, 0.6) is 5.75 Å². The Kier molecular flexibility index (Phi) is 7.28. The maximum atomic E-state index is 12.6. The number of nitrogens with one attached hydrogen (secondary N) is 1. The third kappa shape index (κ3) is 6.08. The summed E-state index contributed by atoms with van der Waals surface area (Å²) in [5.41, 5.74) is 2.54. The highest BCUT2D eigenvalue weighted by Gasteiger charge is 2.16. The number of hydrogen-bond donors (Lipinski definition) is 1. The van der Waals surface area contributed by atoms with Gasteiger partial charge in [-0.1, -0.05) is 43.4 Å². The molecule has 0 bridgehead atoms. The lowest BCUT2D eigenvalue weighted by molar-refractivity contribution is -0.123. The molecule has 5 heteroatoms. The van der Waals surface area contributed by atoms with Crippen LogP contribution in [-0.2, 0) is 4.79 Å². The Morgan fingerprint density at radius 3 is 2.21 bits per heavy atom. The van der Waals surface area contributed by atoms with E-state index in [1.165, 1.54) is 25.7 Å². The molecule has 0 spiro atoms. The largest absolute Gasteiger partial charge is 0.484 e. The molecule has 1 N–H and O–H groups in total. The molecule has 1 saturated carbocycles. The lowest BCUT2D eigenvalue weighted by atomic mass is 10.1. The summed E-state index contributed by atoms with van der Waals surface area (Å²) < 4.78 is 5.62. The van der Waals surface area contributed by atoms with E-state index < -0.39 is 0 Å². The van der Waals surface area contributed by atoms with Crippen molar-refractivity contribution in [1.29, 1.82) is 0 Å². The summed E-state index contributed by atoms with van der Waals surface area (Å²) in [6, 6.07) is 15.0. The van der Waals surface area contributed by atoms with Gasteiger partial charge in [0.1, 0.15) is 5.75 Å². The maximum Gasteiger partial charge on any atom is 0.258 e. The Morgan fingerprint density at radius 1 is 0.966 bits per heavy atom. The first-order valence-electron chi connectivity index (χ1n) is 10.4. The Balaban J connectivity index is 1.50. The number of anilines is 1. The minimum absolute atomic E-state index is 0.00792. The van der Waals surface area contributed by atoms with Gasteiger partial charge >= 0.3 is 0 Å². The Morgan fingerprint density at radius 2 is 1.59 bits per heavy atom. The van der Waals surface area contributed by atoms with Crippen LogP contribution in [0, 0.1) is 6.92 Å². The van der Waals surface area contributed by atoms with Crippen molar-refractivity contribution >= 4 is 17.5 Å². The number of ether oxygens (including phenoxy) is 1. The SMILES string of the molecule is Cc1ccc(C(=O)N(C)c2ccc(OCC(=O)NC3CCCCCC3)cc2)cc1. The number of hydrogen-bond acceptors (Lipinski definition) is 3. The number of carbonyl (C=O) groups excluding carboxylic acids is 2. The second-order valence-corrected chi connectivity index (χ2v) is 7.77. The fourth-order valence-corrected chi connectivity index (χ4v) is 3.61. The van der Waals surface area contributed by atoms with Gasteiger partial charge in [0.05, 0.1) is 0 Å². The average Bonchev–Trinajstić information content (AvgIpc) is 3.01. The van der Waals surface area contributed by atoms with Gasteiger partial charge in [-0.3, -0.25) is 9.59 Å². The van der Waals surface area contributed by atoms with Crippen molar-refractivity contribution in [2.24, 2.45) is 0 Å². The average molecular weight is 395 g/mol. The van der Waals surface area contributed by atoms with E-state index in [4.69, 9.17) is 4.74 Å². The number of nitrogens with zero attached hydrogens (tertiary/aromatic N) is 1. The molecular formula is C24H30N2O3. The normalized spacial score (nSPS) is 14.7. The number of benzene rings is 2. The van der Waals surface area contributed by atoms with Crippen LogP contribution in [0.25, 0.3) is 0 Å². The quantitative estimate of drug-likeness (QED) is 0.735. The minimum atomic E-state index is -0.0763. The third-order valence-corrected chi connectivity index (χ3v) is 5.42. The summed E-state index contributed by atoms with van der Waals surface area (Å²) in [6.45, 7) is 2.00. The van der Waals surface area contributed by atoms with Crippen molar-refractivity contribution in [2.75, 3.05) is 18.6 Å². The molecule has 2 aromatic rings. The predicted molar refractivity (Wildman–Crippen MR) is 115 cm³/mol. The zero-order valence-electron chi connectivity index (χ0n) is 17.3. The molecule has 1 aliphatic carbocycles. The zero-order valence-corrected chi connectivity index (χ0v) is 17.3. The lowest BCUT2D eigenvalue weighted by Crippen LogP contribution is -2.37. The van der Waals surface area contributed by atoms with Crippen molar-refractivity contribution in [3.05, 3.63) is 59.7 Å². The monoisotopic (exact) mass is 394 g/mol. The van der Waals surface area contributed by atoms with Crippen LogP contribution in [0.1, 0.15) is 54.4 Å². The van der Waals surface area contributed by atoms with E-state index in [2.05, 4.69) is 5.32 Å². The standard InChI is InChI=1S/C24H30N2O3/c1-18-9-11-19(12-10-18)24(28)26(2)21-13-15-22(16-14-21)29-17-23(27)25-20-7-5-3-4-6-8-20/h9-16,20H,3-8,17H2,1-2H3,(H,25,27). The van der Waals surface area contributed by atoms with Gasteiger partial charge in [-0.05, 0) is 56.2 Å². The topological polar surface area (TPSA) is 58.6 Å². The Bertz CT molecular complexity index is 807. The zero-order chi connectivity index (χ0) is 20.6. The van der Waals surface area contributed by atoms with E-state index >= 15 is 0 Å². The lowest BCUT2D eigenvalue weighted by Gasteiger charge is -2.18.